The summed E-state index contributed by atoms with van der Waals surface area (Å²) in [7, 11) is 0. The van der Waals surface area contributed by atoms with Gasteiger partial charge in [0.1, 0.15) is 5.52 Å². The van der Waals surface area contributed by atoms with Crippen molar-refractivity contribution >= 4 is 17.1 Å². The number of nitrogens with zero attached hydrogens (tertiary/aromatic N) is 2. The summed E-state index contributed by atoms with van der Waals surface area (Å²) >= 11 is 0. The number of oxazole rings is 1. The molecule has 2 aromatic rings. The van der Waals surface area contributed by atoms with Crippen LogP contribution in [0.5, 0.6) is 0 Å². The summed E-state index contributed by atoms with van der Waals surface area (Å²) < 4.78 is 5.88. The topological polar surface area (TPSA) is 41.3 Å². The molecule has 0 aliphatic carbocycles. The van der Waals surface area contributed by atoms with Crippen molar-refractivity contribution in [1.29, 1.82) is 0 Å². The van der Waals surface area contributed by atoms with E-state index in [0.717, 1.165) is 48.6 Å². The maximum absolute atomic E-state index is 5.88. The molecule has 0 amide bonds. The Hall–Kier alpha value is -1.55. The quantitative estimate of drug-likeness (QED) is 0.830. The first-order chi connectivity index (χ1) is 8.83. The molecular formula is C14H17N3O. The Bertz CT molecular complexity index is 546. The number of aromatic nitrogens is 1. The molecule has 1 aromatic carbocycles. The third-order valence-electron chi connectivity index (χ3n) is 4.46. The van der Waals surface area contributed by atoms with Crippen molar-refractivity contribution in [2.24, 2.45) is 11.8 Å². The van der Waals surface area contributed by atoms with Gasteiger partial charge in [0.2, 0.25) is 0 Å². The Kier molecular flexibility index (Phi) is 2.14. The lowest BCUT2D eigenvalue weighted by Crippen LogP contribution is -2.33. The first kappa shape index (κ1) is 10.4. The monoisotopic (exact) mass is 243 g/mol. The second kappa shape index (κ2) is 3.72. The number of benzene rings is 1. The summed E-state index contributed by atoms with van der Waals surface area (Å²) in [5.41, 5.74) is 1.84. The van der Waals surface area contributed by atoms with Gasteiger partial charge >= 0.3 is 0 Å². The van der Waals surface area contributed by atoms with Crippen LogP contribution in [0.3, 0.4) is 0 Å². The van der Waals surface area contributed by atoms with Crippen molar-refractivity contribution in [3.63, 3.8) is 0 Å². The minimum absolute atomic E-state index is 0.512. The van der Waals surface area contributed by atoms with Gasteiger partial charge in [-0.25, -0.2) is 0 Å². The zero-order chi connectivity index (χ0) is 12.1. The lowest BCUT2D eigenvalue weighted by atomic mass is 9.95. The van der Waals surface area contributed by atoms with E-state index in [9.17, 15) is 0 Å². The summed E-state index contributed by atoms with van der Waals surface area (Å²) in [5.74, 6) is 1.48. The SMILES string of the molecule is CC1C2CNCC2CN1c1nc2ccccc2o1. The van der Waals surface area contributed by atoms with Gasteiger partial charge in [0.25, 0.3) is 6.01 Å². The normalized spacial score (nSPS) is 31.2. The van der Waals surface area contributed by atoms with Crippen LogP contribution in [-0.4, -0.2) is 30.7 Å². The van der Waals surface area contributed by atoms with Crippen LogP contribution in [0.25, 0.3) is 11.1 Å². The van der Waals surface area contributed by atoms with E-state index in [2.05, 4.69) is 22.1 Å². The molecule has 18 heavy (non-hydrogen) atoms. The molecule has 2 saturated heterocycles. The van der Waals surface area contributed by atoms with E-state index in [1.165, 1.54) is 0 Å². The van der Waals surface area contributed by atoms with Crippen LogP contribution in [0.4, 0.5) is 6.01 Å². The van der Waals surface area contributed by atoms with Crippen LogP contribution in [-0.2, 0) is 0 Å². The molecule has 0 saturated carbocycles. The van der Waals surface area contributed by atoms with E-state index in [-0.39, 0.29) is 0 Å². The van der Waals surface area contributed by atoms with E-state index in [1.807, 2.05) is 24.3 Å². The zero-order valence-corrected chi connectivity index (χ0v) is 10.5. The third-order valence-corrected chi connectivity index (χ3v) is 4.46. The number of hydrogen-bond acceptors (Lipinski definition) is 4. The second-order valence-electron chi connectivity index (χ2n) is 5.44. The molecule has 2 fully saturated rings. The first-order valence-electron chi connectivity index (χ1n) is 6.66. The minimum Gasteiger partial charge on any atom is -0.423 e. The highest BCUT2D eigenvalue weighted by atomic mass is 16.4. The molecule has 0 bridgehead atoms. The zero-order valence-electron chi connectivity index (χ0n) is 10.5. The Morgan fingerprint density at radius 2 is 2.22 bits per heavy atom. The van der Waals surface area contributed by atoms with Gasteiger partial charge in [0.05, 0.1) is 0 Å². The molecule has 94 valence electrons. The Morgan fingerprint density at radius 3 is 3.06 bits per heavy atom. The van der Waals surface area contributed by atoms with Gasteiger partial charge in [-0.15, -0.1) is 0 Å². The lowest BCUT2D eigenvalue weighted by Gasteiger charge is -2.22. The smallest absolute Gasteiger partial charge is 0.298 e. The molecule has 1 aromatic heterocycles. The number of rotatable bonds is 1. The highest BCUT2D eigenvalue weighted by molar-refractivity contribution is 5.74. The molecule has 4 heteroatoms. The van der Waals surface area contributed by atoms with E-state index >= 15 is 0 Å². The molecule has 4 nitrogen and oxygen atoms in total. The largest absolute Gasteiger partial charge is 0.423 e. The van der Waals surface area contributed by atoms with Gasteiger partial charge in [-0.1, -0.05) is 12.1 Å². The van der Waals surface area contributed by atoms with Crippen molar-refractivity contribution < 1.29 is 4.42 Å². The van der Waals surface area contributed by atoms with E-state index in [1.54, 1.807) is 0 Å². The highest BCUT2D eigenvalue weighted by Gasteiger charge is 2.43. The predicted octanol–water partition coefficient (Wildman–Crippen LogP) is 1.87. The van der Waals surface area contributed by atoms with Gasteiger partial charge in [-0.2, -0.15) is 4.98 Å². The summed E-state index contributed by atoms with van der Waals surface area (Å²) in [6.45, 7) is 5.60. The maximum Gasteiger partial charge on any atom is 0.298 e. The van der Waals surface area contributed by atoms with Crippen molar-refractivity contribution in [1.82, 2.24) is 10.3 Å². The molecule has 3 heterocycles. The number of hydrogen-bond donors (Lipinski definition) is 1. The molecule has 2 aliphatic heterocycles. The van der Waals surface area contributed by atoms with Crippen LogP contribution in [0.1, 0.15) is 6.92 Å². The Morgan fingerprint density at radius 1 is 1.33 bits per heavy atom. The average Bonchev–Trinajstić information content (AvgIpc) is 3.04. The van der Waals surface area contributed by atoms with E-state index < -0.39 is 0 Å². The van der Waals surface area contributed by atoms with Gasteiger partial charge in [0, 0.05) is 25.7 Å². The molecule has 3 unspecified atom stereocenters. The van der Waals surface area contributed by atoms with Crippen LogP contribution in [0, 0.1) is 11.8 Å². The molecule has 1 N–H and O–H groups in total. The number of para-hydroxylation sites is 2. The third kappa shape index (κ3) is 1.38. The predicted molar refractivity (Wildman–Crippen MR) is 70.7 cm³/mol. The van der Waals surface area contributed by atoms with Gasteiger partial charge in [-0.3, -0.25) is 0 Å². The van der Waals surface area contributed by atoms with Crippen molar-refractivity contribution in [3.05, 3.63) is 24.3 Å². The number of fused-ring (bicyclic) bond motifs is 2. The van der Waals surface area contributed by atoms with Crippen LogP contribution in [0.15, 0.2) is 28.7 Å². The average molecular weight is 243 g/mol. The number of nitrogens with one attached hydrogen (secondary N) is 1. The van der Waals surface area contributed by atoms with Gasteiger partial charge in [-0.05, 0) is 30.9 Å². The van der Waals surface area contributed by atoms with E-state index in [0.29, 0.717) is 6.04 Å². The Balaban J connectivity index is 1.71. The van der Waals surface area contributed by atoms with Gasteiger partial charge < -0.3 is 14.6 Å². The fourth-order valence-electron chi connectivity index (χ4n) is 3.40. The second-order valence-corrected chi connectivity index (χ2v) is 5.44. The fraction of sp³-hybridized carbons (Fsp3) is 0.500. The molecule has 2 aliphatic rings. The summed E-state index contributed by atoms with van der Waals surface area (Å²) in [4.78, 5) is 6.94. The highest BCUT2D eigenvalue weighted by Crippen LogP contribution is 2.36. The molecule has 0 radical (unpaired) electrons. The summed E-state index contributed by atoms with van der Waals surface area (Å²) in [6, 6.07) is 9.28. The number of anilines is 1. The van der Waals surface area contributed by atoms with Crippen LogP contribution in [0.2, 0.25) is 0 Å². The molecule has 0 spiro atoms. The summed E-state index contributed by atoms with van der Waals surface area (Å²) in [5, 5.41) is 3.48. The van der Waals surface area contributed by atoms with Crippen LogP contribution < -0.4 is 10.2 Å². The molecule has 4 rings (SSSR count). The van der Waals surface area contributed by atoms with Crippen molar-refractivity contribution in [2.75, 3.05) is 24.5 Å². The van der Waals surface area contributed by atoms with E-state index in [4.69, 9.17) is 4.42 Å². The molecule has 3 atom stereocenters. The van der Waals surface area contributed by atoms with Gasteiger partial charge in [0.15, 0.2) is 5.58 Å². The fourth-order valence-corrected chi connectivity index (χ4v) is 3.40. The first-order valence-corrected chi connectivity index (χ1v) is 6.66. The minimum atomic E-state index is 0.512. The molecular weight excluding hydrogens is 226 g/mol. The van der Waals surface area contributed by atoms with Crippen molar-refractivity contribution in [3.8, 4) is 0 Å². The van der Waals surface area contributed by atoms with Crippen LogP contribution >= 0.6 is 0 Å². The maximum atomic E-state index is 5.88. The lowest BCUT2D eigenvalue weighted by molar-refractivity contribution is 0.464. The summed E-state index contributed by atoms with van der Waals surface area (Å²) in [6.07, 6.45) is 0. The van der Waals surface area contributed by atoms with Crippen molar-refractivity contribution in [2.45, 2.75) is 13.0 Å². The standard InChI is InChI=1S/C14H17N3O/c1-9-11-7-15-6-10(11)8-17(9)14-16-12-4-2-3-5-13(12)18-14/h2-5,9-11,15H,6-8H2,1H3. The Labute approximate surface area is 106 Å².